The summed E-state index contributed by atoms with van der Waals surface area (Å²) in [6, 6.07) is 3.80. The lowest BCUT2D eigenvalue weighted by molar-refractivity contribution is 0.0262. The van der Waals surface area contributed by atoms with E-state index in [0.717, 1.165) is 38.0 Å². The summed E-state index contributed by atoms with van der Waals surface area (Å²) in [5.41, 5.74) is 0.763. The van der Waals surface area contributed by atoms with Crippen molar-refractivity contribution in [2.75, 3.05) is 13.6 Å². The number of aromatic nitrogens is 1. The Labute approximate surface area is 108 Å². The van der Waals surface area contributed by atoms with Crippen molar-refractivity contribution >= 4 is 5.91 Å². The number of carbonyl (C=O) groups excluding carboxylic acids is 1. The lowest BCUT2D eigenvalue weighted by atomic mass is 9.82. The van der Waals surface area contributed by atoms with Crippen molar-refractivity contribution in [2.45, 2.75) is 38.8 Å². The van der Waals surface area contributed by atoms with Crippen LogP contribution >= 0.6 is 0 Å². The summed E-state index contributed by atoms with van der Waals surface area (Å²) in [6.45, 7) is 3.73. The van der Waals surface area contributed by atoms with Crippen LogP contribution in [0.5, 0.6) is 0 Å². The van der Waals surface area contributed by atoms with Crippen LogP contribution in [0.3, 0.4) is 0 Å². The van der Waals surface area contributed by atoms with Crippen molar-refractivity contribution in [3.63, 3.8) is 0 Å². The lowest BCUT2D eigenvalue weighted by Gasteiger charge is -2.34. The molecule has 1 N–H and O–H groups in total. The first-order valence-electron chi connectivity index (χ1n) is 6.70. The molecule has 0 atom stereocenters. The Morgan fingerprint density at radius 1 is 1.56 bits per heavy atom. The summed E-state index contributed by atoms with van der Waals surface area (Å²) in [7, 11) is 1.84. The van der Waals surface area contributed by atoms with Crippen molar-refractivity contribution < 1.29 is 9.90 Å². The van der Waals surface area contributed by atoms with Crippen LogP contribution in [-0.4, -0.2) is 40.2 Å². The van der Waals surface area contributed by atoms with Crippen LogP contribution in [0.25, 0.3) is 0 Å². The standard InChI is InChI=1S/C14H22N2O2/c1-3-6-16-7-4-5-13(16)14(18)15(2)10-11-8-12(17)9-11/h4-5,7,11-12,17H,3,6,8-10H2,1-2H3. The molecule has 0 unspecified atom stereocenters. The molecular weight excluding hydrogens is 228 g/mol. The molecule has 1 aliphatic carbocycles. The van der Waals surface area contributed by atoms with Crippen molar-refractivity contribution in [3.8, 4) is 0 Å². The number of aryl methyl sites for hydroxylation is 1. The fraction of sp³-hybridized carbons (Fsp3) is 0.643. The van der Waals surface area contributed by atoms with Gasteiger partial charge in [-0.3, -0.25) is 4.79 Å². The number of carbonyl (C=O) groups is 1. The maximum Gasteiger partial charge on any atom is 0.270 e. The second kappa shape index (κ2) is 5.57. The molecule has 2 rings (SSSR count). The van der Waals surface area contributed by atoms with Gasteiger partial charge in [0.05, 0.1) is 6.10 Å². The van der Waals surface area contributed by atoms with E-state index in [1.54, 1.807) is 4.90 Å². The number of rotatable bonds is 5. The molecule has 0 radical (unpaired) electrons. The summed E-state index contributed by atoms with van der Waals surface area (Å²) in [4.78, 5) is 14.1. The quantitative estimate of drug-likeness (QED) is 0.865. The van der Waals surface area contributed by atoms with Gasteiger partial charge in [0, 0.05) is 26.3 Å². The largest absolute Gasteiger partial charge is 0.393 e. The summed E-state index contributed by atoms with van der Waals surface area (Å²) in [6.07, 6.45) is 4.48. The molecule has 1 aliphatic rings. The molecule has 1 fully saturated rings. The van der Waals surface area contributed by atoms with Gasteiger partial charge < -0.3 is 14.6 Å². The summed E-state index contributed by atoms with van der Waals surface area (Å²) in [5, 5.41) is 9.26. The Morgan fingerprint density at radius 2 is 2.28 bits per heavy atom. The van der Waals surface area contributed by atoms with Gasteiger partial charge in [0.15, 0.2) is 0 Å². The smallest absolute Gasteiger partial charge is 0.270 e. The van der Waals surface area contributed by atoms with E-state index < -0.39 is 0 Å². The topological polar surface area (TPSA) is 45.5 Å². The average Bonchev–Trinajstić information content (AvgIpc) is 2.74. The van der Waals surface area contributed by atoms with Crippen LogP contribution in [0, 0.1) is 5.92 Å². The molecule has 100 valence electrons. The third-order valence-corrected chi connectivity index (χ3v) is 3.60. The van der Waals surface area contributed by atoms with E-state index in [2.05, 4.69) is 6.92 Å². The van der Waals surface area contributed by atoms with E-state index in [-0.39, 0.29) is 12.0 Å². The minimum Gasteiger partial charge on any atom is -0.393 e. The van der Waals surface area contributed by atoms with Gasteiger partial charge in [-0.2, -0.15) is 0 Å². The Hall–Kier alpha value is -1.29. The second-order valence-electron chi connectivity index (χ2n) is 5.26. The van der Waals surface area contributed by atoms with Crippen molar-refractivity contribution in [1.29, 1.82) is 0 Å². The Morgan fingerprint density at radius 3 is 2.89 bits per heavy atom. The zero-order valence-corrected chi connectivity index (χ0v) is 11.2. The molecule has 1 heterocycles. The van der Waals surface area contributed by atoms with E-state index in [1.807, 2.05) is 29.9 Å². The van der Waals surface area contributed by atoms with Crippen molar-refractivity contribution in [1.82, 2.24) is 9.47 Å². The Kier molecular flexibility index (Phi) is 4.07. The maximum atomic E-state index is 12.3. The van der Waals surface area contributed by atoms with Gasteiger partial charge in [0.25, 0.3) is 5.91 Å². The zero-order chi connectivity index (χ0) is 13.1. The first-order chi connectivity index (χ1) is 8.61. The van der Waals surface area contributed by atoms with Gasteiger partial charge in [-0.15, -0.1) is 0 Å². The summed E-state index contributed by atoms with van der Waals surface area (Å²) < 4.78 is 2.01. The lowest BCUT2D eigenvalue weighted by Crippen LogP contribution is -2.40. The number of aliphatic hydroxyl groups is 1. The monoisotopic (exact) mass is 250 g/mol. The minimum absolute atomic E-state index is 0.0786. The van der Waals surface area contributed by atoms with Crippen LogP contribution in [0.2, 0.25) is 0 Å². The third-order valence-electron chi connectivity index (χ3n) is 3.60. The molecule has 0 spiro atoms. The number of hydrogen-bond acceptors (Lipinski definition) is 2. The molecule has 1 amide bonds. The van der Waals surface area contributed by atoms with Gasteiger partial charge in [0.1, 0.15) is 5.69 Å². The number of nitrogens with zero attached hydrogens (tertiary/aromatic N) is 2. The van der Waals surface area contributed by atoms with Gasteiger partial charge >= 0.3 is 0 Å². The Balaban J connectivity index is 1.94. The highest BCUT2D eigenvalue weighted by Gasteiger charge is 2.29. The van der Waals surface area contributed by atoms with E-state index in [4.69, 9.17) is 0 Å². The predicted octanol–water partition coefficient (Wildman–Crippen LogP) is 1.74. The molecule has 1 saturated carbocycles. The number of hydrogen-bond donors (Lipinski definition) is 1. The van der Waals surface area contributed by atoms with E-state index in [1.165, 1.54) is 0 Å². The molecule has 4 heteroatoms. The van der Waals surface area contributed by atoms with Gasteiger partial charge in [-0.25, -0.2) is 0 Å². The molecule has 18 heavy (non-hydrogen) atoms. The number of amides is 1. The van der Waals surface area contributed by atoms with Gasteiger partial charge in [-0.1, -0.05) is 6.92 Å². The van der Waals surface area contributed by atoms with Crippen molar-refractivity contribution in [3.05, 3.63) is 24.0 Å². The fourth-order valence-electron chi connectivity index (χ4n) is 2.56. The SMILES string of the molecule is CCCn1cccc1C(=O)N(C)CC1CC(O)C1. The van der Waals surface area contributed by atoms with E-state index >= 15 is 0 Å². The highest BCUT2D eigenvalue weighted by atomic mass is 16.3. The van der Waals surface area contributed by atoms with Gasteiger partial charge in [-0.05, 0) is 37.3 Å². The van der Waals surface area contributed by atoms with E-state index in [0.29, 0.717) is 5.92 Å². The molecule has 0 saturated heterocycles. The van der Waals surface area contributed by atoms with Crippen LogP contribution in [0.4, 0.5) is 0 Å². The van der Waals surface area contributed by atoms with Crippen LogP contribution in [0.1, 0.15) is 36.7 Å². The molecule has 4 nitrogen and oxygen atoms in total. The molecule has 0 aliphatic heterocycles. The predicted molar refractivity (Wildman–Crippen MR) is 70.4 cm³/mol. The van der Waals surface area contributed by atoms with Crippen LogP contribution in [0.15, 0.2) is 18.3 Å². The minimum atomic E-state index is -0.151. The van der Waals surface area contributed by atoms with Gasteiger partial charge in [0.2, 0.25) is 0 Å². The summed E-state index contributed by atoms with van der Waals surface area (Å²) in [5.74, 6) is 0.540. The first kappa shape index (κ1) is 13.1. The molecule has 1 aromatic rings. The second-order valence-corrected chi connectivity index (χ2v) is 5.26. The third kappa shape index (κ3) is 2.75. The molecular formula is C14H22N2O2. The molecule has 1 aromatic heterocycles. The fourth-order valence-corrected chi connectivity index (χ4v) is 2.56. The highest BCUT2D eigenvalue weighted by Crippen LogP contribution is 2.27. The molecule has 0 bridgehead atoms. The summed E-state index contributed by atoms with van der Waals surface area (Å²) >= 11 is 0. The van der Waals surface area contributed by atoms with E-state index in [9.17, 15) is 9.90 Å². The average molecular weight is 250 g/mol. The number of aliphatic hydroxyl groups excluding tert-OH is 1. The first-order valence-corrected chi connectivity index (χ1v) is 6.70. The van der Waals surface area contributed by atoms with Crippen LogP contribution in [-0.2, 0) is 6.54 Å². The Bertz CT molecular complexity index is 408. The van der Waals surface area contributed by atoms with Crippen LogP contribution < -0.4 is 0 Å². The normalized spacial score (nSPS) is 22.6. The zero-order valence-electron chi connectivity index (χ0n) is 11.2. The maximum absolute atomic E-state index is 12.3. The molecule has 0 aromatic carbocycles. The van der Waals surface area contributed by atoms with Crippen molar-refractivity contribution in [2.24, 2.45) is 5.92 Å². The highest BCUT2D eigenvalue weighted by molar-refractivity contribution is 5.92.